The minimum Gasteiger partial charge on any atom is -0.478 e. The van der Waals surface area contributed by atoms with Crippen molar-refractivity contribution in [1.29, 1.82) is 0 Å². The lowest BCUT2D eigenvalue weighted by molar-refractivity contribution is -0.135. The average Bonchev–Trinajstić information content (AvgIpc) is 2.14. The molecule has 0 spiro atoms. The first-order chi connectivity index (χ1) is 8.13. The van der Waals surface area contributed by atoms with Crippen molar-refractivity contribution in [2.75, 3.05) is 0 Å². The second-order valence-electron chi connectivity index (χ2n) is 2.12. The zero-order valence-electron chi connectivity index (χ0n) is 9.43. The lowest BCUT2D eigenvalue weighted by atomic mass is 10.5. The predicted molar refractivity (Wildman–Crippen MR) is 67.2 cm³/mol. The quantitative estimate of drug-likeness (QED) is 0.471. The van der Waals surface area contributed by atoms with E-state index in [0.29, 0.717) is 12.2 Å². The summed E-state index contributed by atoms with van der Waals surface area (Å²) < 4.78 is 4.28. The van der Waals surface area contributed by atoms with E-state index in [-0.39, 0.29) is 10.5 Å². The maximum Gasteiger partial charge on any atom is 0.328 e. The molecule has 6 nitrogen and oxygen atoms in total. The van der Waals surface area contributed by atoms with Crippen molar-refractivity contribution in [2.45, 2.75) is 6.92 Å². The van der Waals surface area contributed by atoms with Gasteiger partial charge in [-0.3, -0.25) is 4.79 Å². The molecule has 0 aliphatic carbocycles. The second kappa shape index (κ2) is 15.2. The highest BCUT2D eigenvalue weighted by atomic mass is 35.5. The Kier molecular flexibility index (Phi) is 18.2. The van der Waals surface area contributed by atoms with Crippen molar-refractivity contribution in [3.8, 4) is 0 Å². The van der Waals surface area contributed by atoms with Crippen LogP contribution in [0.3, 0.4) is 0 Å². The van der Waals surface area contributed by atoms with Gasteiger partial charge in [0.25, 0.3) is 0 Å². The van der Waals surface area contributed by atoms with Crippen molar-refractivity contribution in [1.82, 2.24) is 0 Å². The van der Waals surface area contributed by atoms with Gasteiger partial charge in [0.1, 0.15) is 0 Å². The van der Waals surface area contributed by atoms with E-state index in [1.807, 2.05) is 0 Å². The predicted octanol–water partition coefficient (Wildman–Crippen LogP) is 2.34. The van der Waals surface area contributed by atoms with E-state index < -0.39 is 11.9 Å². The zero-order valence-corrected chi connectivity index (χ0v) is 10.9. The summed E-state index contributed by atoms with van der Waals surface area (Å²) >= 11 is 9.69. The van der Waals surface area contributed by atoms with Gasteiger partial charge in [-0.15, -0.1) is 0 Å². The molecule has 0 radical (unpaired) electrons. The van der Waals surface area contributed by atoms with Crippen LogP contribution in [-0.2, 0) is 19.1 Å². The van der Waals surface area contributed by atoms with Gasteiger partial charge >= 0.3 is 17.9 Å². The van der Waals surface area contributed by atoms with E-state index in [9.17, 15) is 14.4 Å². The van der Waals surface area contributed by atoms with Crippen LogP contribution in [0, 0.1) is 0 Å². The van der Waals surface area contributed by atoms with Crippen molar-refractivity contribution >= 4 is 41.1 Å². The summed E-state index contributed by atoms with van der Waals surface area (Å²) in [6.45, 7) is 7.57. The SMILES string of the molecule is C=C(Cl)Cl.C=COC(C)=O.O=C(O)C=CC(=O)O. The molecule has 0 aromatic heterocycles. The van der Waals surface area contributed by atoms with Crippen molar-refractivity contribution in [2.24, 2.45) is 0 Å². The number of ether oxygens (including phenoxy) is 1. The minimum atomic E-state index is -1.26. The summed E-state index contributed by atoms with van der Waals surface area (Å²) in [5.41, 5.74) is 0. The van der Waals surface area contributed by atoms with Crippen LogP contribution in [0.25, 0.3) is 0 Å². The smallest absolute Gasteiger partial charge is 0.328 e. The second-order valence-corrected chi connectivity index (χ2v) is 3.23. The molecular formula is C10H12Cl2O6. The number of carbonyl (C=O) groups is 3. The van der Waals surface area contributed by atoms with Crippen LogP contribution >= 0.6 is 23.2 Å². The van der Waals surface area contributed by atoms with Gasteiger partial charge < -0.3 is 14.9 Å². The molecule has 0 aliphatic rings. The van der Waals surface area contributed by atoms with Crippen LogP contribution in [-0.4, -0.2) is 28.1 Å². The van der Waals surface area contributed by atoms with Gasteiger partial charge in [-0.25, -0.2) is 9.59 Å². The third-order valence-electron chi connectivity index (χ3n) is 0.618. The van der Waals surface area contributed by atoms with Crippen LogP contribution in [0.4, 0.5) is 0 Å². The Morgan fingerprint density at radius 3 is 1.44 bits per heavy atom. The molecule has 0 aromatic carbocycles. The molecule has 0 saturated heterocycles. The first kappa shape index (κ1) is 21.5. The van der Waals surface area contributed by atoms with Crippen LogP contribution in [0.15, 0.2) is 36.1 Å². The van der Waals surface area contributed by atoms with E-state index in [1.165, 1.54) is 6.92 Å². The molecule has 8 heteroatoms. The molecule has 0 rings (SSSR count). The third kappa shape index (κ3) is 64.3. The fourth-order valence-corrected chi connectivity index (χ4v) is 0.260. The minimum absolute atomic E-state index is 0.111. The lowest BCUT2D eigenvalue weighted by Gasteiger charge is -1.83. The molecule has 0 fully saturated rings. The van der Waals surface area contributed by atoms with Crippen LogP contribution in [0.5, 0.6) is 0 Å². The van der Waals surface area contributed by atoms with Gasteiger partial charge in [-0.05, 0) is 0 Å². The molecule has 0 aliphatic heterocycles. The lowest BCUT2D eigenvalue weighted by Crippen LogP contribution is -1.91. The Morgan fingerprint density at radius 2 is 1.39 bits per heavy atom. The van der Waals surface area contributed by atoms with Gasteiger partial charge in [0.05, 0.1) is 10.8 Å². The molecule has 0 unspecified atom stereocenters. The van der Waals surface area contributed by atoms with E-state index in [4.69, 9.17) is 33.4 Å². The fraction of sp³-hybridized carbons (Fsp3) is 0.100. The number of halogens is 2. The molecule has 0 heterocycles. The van der Waals surface area contributed by atoms with Gasteiger partial charge in [-0.2, -0.15) is 0 Å². The van der Waals surface area contributed by atoms with E-state index >= 15 is 0 Å². The first-order valence-corrected chi connectivity index (χ1v) is 4.81. The van der Waals surface area contributed by atoms with Crippen LogP contribution < -0.4 is 0 Å². The van der Waals surface area contributed by atoms with Crippen molar-refractivity contribution in [3.05, 3.63) is 36.1 Å². The number of carbonyl (C=O) groups excluding carboxylic acids is 1. The Labute approximate surface area is 114 Å². The topological polar surface area (TPSA) is 101 Å². The maximum atomic E-state index is 9.75. The van der Waals surface area contributed by atoms with Crippen LogP contribution in [0.1, 0.15) is 6.92 Å². The number of esters is 1. The number of carboxylic acid groups (broad SMARTS) is 2. The van der Waals surface area contributed by atoms with Gasteiger partial charge in [0.15, 0.2) is 0 Å². The summed E-state index contributed by atoms with van der Waals surface area (Å²) in [7, 11) is 0. The van der Waals surface area contributed by atoms with E-state index in [0.717, 1.165) is 6.26 Å². The zero-order chi connectivity index (χ0) is 15.1. The normalized spacial score (nSPS) is 7.94. The number of aliphatic carboxylic acids is 2. The summed E-state index contributed by atoms with van der Waals surface area (Å²) in [6, 6.07) is 0. The molecule has 18 heavy (non-hydrogen) atoms. The highest BCUT2D eigenvalue weighted by molar-refractivity contribution is 6.55. The number of hydrogen-bond acceptors (Lipinski definition) is 4. The Balaban J connectivity index is -0.000000200. The Hall–Kier alpha value is -1.79. The molecule has 0 saturated carbocycles. The number of hydrogen-bond donors (Lipinski definition) is 2. The summed E-state index contributed by atoms with van der Waals surface area (Å²) in [4.78, 5) is 28.9. The molecule has 0 atom stereocenters. The summed E-state index contributed by atoms with van der Waals surface area (Å²) in [5.74, 6) is -2.84. The van der Waals surface area contributed by atoms with Gasteiger partial charge in [-0.1, -0.05) is 36.4 Å². The molecule has 2 N–H and O–H groups in total. The number of rotatable bonds is 3. The first-order valence-electron chi connectivity index (χ1n) is 4.05. The number of carboxylic acids is 2. The molecule has 102 valence electrons. The molecule has 0 bridgehead atoms. The molecule has 0 aromatic rings. The summed E-state index contributed by atoms with van der Waals surface area (Å²) in [5, 5.41) is 15.6. The average molecular weight is 299 g/mol. The Bertz CT molecular complexity index is 315. The highest BCUT2D eigenvalue weighted by Gasteiger charge is 1.88. The van der Waals surface area contributed by atoms with Gasteiger partial charge in [0.2, 0.25) is 0 Å². The fourth-order valence-electron chi connectivity index (χ4n) is 0.260. The molecular weight excluding hydrogens is 287 g/mol. The van der Waals surface area contributed by atoms with Crippen LogP contribution in [0.2, 0.25) is 0 Å². The largest absolute Gasteiger partial charge is 0.478 e. The van der Waals surface area contributed by atoms with Crippen molar-refractivity contribution < 1.29 is 29.3 Å². The third-order valence-corrected chi connectivity index (χ3v) is 0.618. The maximum absolute atomic E-state index is 9.75. The Morgan fingerprint density at radius 1 is 1.11 bits per heavy atom. The van der Waals surface area contributed by atoms with Gasteiger partial charge in [0, 0.05) is 19.1 Å². The van der Waals surface area contributed by atoms with E-state index in [2.05, 4.69) is 17.9 Å². The standard InChI is InChI=1S/C4H4O4.C4H6O2.C2H2Cl2/c5-3(6)1-2-4(7)8;1-3-6-4(2)5;1-2(3)4/h1-2H,(H,5,6)(H,7,8);3H,1H2,2H3;1H2. The monoisotopic (exact) mass is 298 g/mol. The summed E-state index contributed by atoms with van der Waals surface area (Å²) in [6.07, 6.45) is 2.22. The molecule has 0 amide bonds. The van der Waals surface area contributed by atoms with E-state index in [1.54, 1.807) is 0 Å². The van der Waals surface area contributed by atoms with Crippen molar-refractivity contribution in [3.63, 3.8) is 0 Å². The highest BCUT2D eigenvalue weighted by Crippen LogP contribution is 1.98.